The molecule has 0 radical (unpaired) electrons. The topological polar surface area (TPSA) is 101 Å². The van der Waals surface area contributed by atoms with Gasteiger partial charge in [-0.2, -0.15) is 5.10 Å². The Balaban J connectivity index is 1.43. The van der Waals surface area contributed by atoms with E-state index in [9.17, 15) is 9.59 Å². The van der Waals surface area contributed by atoms with Gasteiger partial charge in [0, 0.05) is 17.1 Å². The Labute approximate surface area is 166 Å². The van der Waals surface area contributed by atoms with Crippen LogP contribution >= 0.6 is 0 Å². The van der Waals surface area contributed by atoms with Crippen molar-refractivity contribution in [1.29, 1.82) is 0 Å². The van der Waals surface area contributed by atoms with Crippen molar-refractivity contribution in [3.05, 3.63) is 78.2 Å². The molecule has 8 heteroatoms. The second-order valence-electron chi connectivity index (χ2n) is 6.36. The first kappa shape index (κ1) is 18.3. The number of para-hydroxylation sites is 2. The predicted molar refractivity (Wildman–Crippen MR) is 108 cm³/mol. The van der Waals surface area contributed by atoms with Gasteiger partial charge in [0.2, 0.25) is 5.91 Å². The molecule has 146 valence electrons. The number of benzene rings is 2. The van der Waals surface area contributed by atoms with Crippen molar-refractivity contribution in [3.63, 3.8) is 0 Å². The lowest BCUT2D eigenvalue weighted by atomic mass is 10.1. The molecule has 0 saturated carbocycles. The number of hydrogen-bond acceptors (Lipinski definition) is 4. The van der Waals surface area contributed by atoms with E-state index in [0.717, 1.165) is 22.2 Å². The number of H-pyrrole nitrogens is 1. The van der Waals surface area contributed by atoms with E-state index in [1.807, 2.05) is 54.6 Å². The summed E-state index contributed by atoms with van der Waals surface area (Å²) in [6.07, 6.45) is 3.52. The number of methoxy groups -OCH3 is 1. The molecule has 0 bridgehead atoms. The average molecular weight is 389 g/mol. The smallest absolute Gasteiger partial charge is 0.294 e. The Morgan fingerprint density at radius 2 is 1.83 bits per heavy atom. The van der Waals surface area contributed by atoms with E-state index >= 15 is 0 Å². The maximum Gasteiger partial charge on any atom is 0.294 e. The molecule has 3 N–H and O–H groups in total. The Hall–Kier alpha value is -4.07. The molecule has 0 aliphatic carbocycles. The molecule has 0 unspecified atom stereocenters. The predicted octanol–water partition coefficient (Wildman–Crippen LogP) is 2.37. The average Bonchev–Trinajstić information content (AvgIpc) is 3.37. The fourth-order valence-electron chi connectivity index (χ4n) is 3.06. The largest absolute Gasteiger partial charge is 0.493 e. The van der Waals surface area contributed by atoms with Crippen LogP contribution in [-0.4, -0.2) is 33.7 Å². The highest BCUT2D eigenvalue weighted by Gasteiger charge is 2.19. The van der Waals surface area contributed by atoms with Crippen molar-refractivity contribution in [2.75, 3.05) is 7.11 Å². The summed E-state index contributed by atoms with van der Waals surface area (Å²) in [6.45, 7) is 0. The molecular weight excluding hydrogens is 370 g/mol. The monoisotopic (exact) mass is 389 g/mol. The Bertz CT molecular complexity index is 1160. The SMILES string of the molecule is COc1cn(-c2ccccc2)nc1C(=O)NNC(=O)Cc1c[nH]c2ccccc12. The van der Waals surface area contributed by atoms with Crippen molar-refractivity contribution in [3.8, 4) is 11.4 Å². The fraction of sp³-hybridized carbons (Fsp3) is 0.0952. The van der Waals surface area contributed by atoms with Gasteiger partial charge in [0.05, 0.1) is 25.4 Å². The highest BCUT2D eigenvalue weighted by atomic mass is 16.5. The van der Waals surface area contributed by atoms with Crippen LogP contribution in [0.1, 0.15) is 16.1 Å². The van der Waals surface area contributed by atoms with E-state index in [-0.39, 0.29) is 18.0 Å². The van der Waals surface area contributed by atoms with Crippen molar-refractivity contribution >= 4 is 22.7 Å². The molecule has 0 spiro atoms. The summed E-state index contributed by atoms with van der Waals surface area (Å²) in [5.74, 6) is -0.606. The summed E-state index contributed by atoms with van der Waals surface area (Å²) in [4.78, 5) is 27.9. The Morgan fingerprint density at radius 1 is 1.07 bits per heavy atom. The van der Waals surface area contributed by atoms with Crippen LogP contribution in [0.2, 0.25) is 0 Å². The molecule has 4 rings (SSSR count). The first-order valence-corrected chi connectivity index (χ1v) is 8.99. The minimum Gasteiger partial charge on any atom is -0.493 e. The Kier molecular flexibility index (Phi) is 4.98. The lowest BCUT2D eigenvalue weighted by Gasteiger charge is -2.06. The standard InChI is InChI=1S/C21H19N5O3/c1-29-18-13-26(15-7-3-2-4-8-15)25-20(18)21(28)24-23-19(27)11-14-12-22-17-10-6-5-9-16(14)17/h2-10,12-13,22H,11H2,1H3,(H,23,27)(H,24,28). The van der Waals surface area contributed by atoms with Gasteiger partial charge in [0.1, 0.15) is 0 Å². The molecule has 2 aromatic heterocycles. The number of aromatic amines is 1. The number of carbonyl (C=O) groups is 2. The van der Waals surface area contributed by atoms with Gasteiger partial charge in [0.15, 0.2) is 11.4 Å². The van der Waals surface area contributed by atoms with Gasteiger partial charge in [-0.3, -0.25) is 20.4 Å². The number of nitrogens with one attached hydrogen (secondary N) is 3. The van der Waals surface area contributed by atoms with E-state index in [0.29, 0.717) is 5.75 Å². The summed E-state index contributed by atoms with van der Waals surface area (Å²) in [6, 6.07) is 17.1. The number of fused-ring (bicyclic) bond motifs is 1. The maximum absolute atomic E-state index is 12.5. The van der Waals surface area contributed by atoms with Crippen LogP contribution in [0.4, 0.5) is 0 Å². The number of amides is 2. The van der Waals surface area contributed by atoms with Gasteiger partial charge in [-0.1, -0.05) is 36.4 Å². The molecule has 0 fully saturated rings. The van der Waals surface area contributed by atoms with Gasteiger partial charge in [-0.05, 0) is 23.8 Å². The summed E-state index contributed by atoms with van der Waals surface area (Å²) in [5.41, 5.74) is 7.48. The van der Waals surface area contributed by atoms with E-state index in [2.05, 4.69) is 20.9 Å². The number of rotatable bonds is 5. The second-order valence-corrected chi connectivity index (χ2v) is 6.36. The fourth-order valence-corrected chi connectivity index (χ4v) is 3.06. The van der Waals surface area contributed by atoms with Gasteiger partial charge < -0.3 is 9.72 Å². The molecule has 0 aliphatic heterocycles. The van der Waals surface area contributed by atoms with E-state index in [4.69, 9.17) is 4.74 Å². The van der Waals surface area contributed by atoms with Crippen LogP contribution in [0.25, 0.3) is 16.6 Å². The zero-order valence-electron chi connectivity index (χ0n) is 15.7. The second kappa shape index (κ2) is 7.89. The molecule has 2 heterocycles. The summed E-state index contributed by atoms with van der Waals surface area (Å²) >= 11 is 0. The molecule has 2 amide bonds. The minimum absolute atomic E-state index is 0.0729. The van der Waals surface area contributed by atoms with Crippen LogP contribution in [-0.2, 0) is 11.2 Å². The zero-order valence-corrected chi connectivity index (χ0v) is 15.7. The highest BCUT2D eigenvalue weighted by molar-refractivity contribution is 5.96. The van der Waals surface area contributed by atoms with Gasteiger partial charge in [-0.15, -0.1) is 0 Å². The normalized spacial score (nSPS) is 10.7. The quantitative estimate of drug-likeness (QED) is 0.456. The van der Waals surface area contributed by atoms with Crippen molar-refractivity contribution < 1.29 is 14.3 Å². The van der Waals surface area contributed by atoms with Crippen LogP contribution in [0.5, 0.6) is 5.75 Å². The molecule has 0 atom stereocenters. The van der Waals surface area contributed by atoms with Crippen molar-refractivity contribution in [2.45, 2.75) is 6.42 Å². The third-order valence-electron chi connectivity index (χ3n) is 4.48. The van der Waals surface area contributed by atoms with Crippen LogP contribution in [0, 0.1) is 0 Å². The molecule has 8 nitrogen and oxygen atoms in total. The number of carbonyl (C=O) groups excluding carboxylic acids is 2. The molecule has 4 aromatic rings. The third-order valence-corrected chi connectivity index (χ3v) is 4.48. The molecular formula is C21H19N5O3. The van der Waals surface area contributed by atoms with Gasteiger partial charge >= 0.3 is 0 Å². The maximum atomic E-state index is 12.5. The molecule has 0 aliphatic rings. The van der Waals surface area contributed by atoms with Gasteiger partial charge in [-0.25, -0.2) is 4.68 Å². The number of hydrazine groups is 1. The van der Waals surface area contributed by atoms with Crippen molar-refractivity contribution in [1.82, 2.24) is 25.6 Å². The minimum atomic E-state index is -0.566. The van der Waals surface area contributed by atoms with E-state index < -0.39 is 5.91 Å². The summed E-state index contributed by atoms with van der Waals surface area (Å²) < 4.78 is 6.79. The number of hydrogen-bond donors (Lipinski definition) is 3. The highest BCUT2D eigenvalue weighted by Crippen LogP contribution is 2.20. The zero-order chi connectivity index (χ0) is 20.2. The van der Waals surface area contributed by atoms with Crippen molar-refractivity contribution in [2.24, 2.45) is 0 Å². The van der Waals surface area contributed by atoms with Crippen LogP contribution < -0.4 is 15.6 Å². The van der Waals surface area contributed by atoms with Gasteiger partial charge in [0.25, 0.3) is 5.91 Å². The number of aromatic nitrogens is 3. The van der Waals surface area contributed by atoms with Crippen LogP contribution in [0.3, 0.4) is 0 Å². The number of nitrogens with zero attached hydrogens (tertiary/aromatic N) is 2. The molecule has 29 heavy (non-hydrogen) atoms. The lowest BCUT2D eigenvalue weighted by Crippen LogP contribution is -2.42. The summed E-state index contributed by atoms with van der Waals surface area (Å²) in [5, 5.41) is 5.24. The lowest BCUT2D eigenvalue weighted by molar-refractivity contribution is -0.121. The first-order valence-electron chi connectivity index (χ1n) is 8.99. The Morgan fingerprint density at radius 3 is 2.62 bits per heavy atom. The molecule has 0 saturated heterocycles. The van der Waals surface area contributed by atoms with Crippen LogP contribution in [0.15, 0.2) is 67.0 Å². The summed E-state index contributed by atoms with van der Waals surface area (Å²) in [7, 11) is 1.46. The molecule has 2 aromatic carbocycles. The third kappa shape index (κ3) is 3.81. The first-order chi connectivity index (χ1) is 14.2. The van der Waals surface area contributed by atoms with E-state index in [1.54, 1.807) is 17.1 Å². The van der Waals surface area contributed by atoms with E-state index in [1.165, 1.54) is 7.11 Å². The number of ether oxygens (including phenoxy) is 1.